The number of aromatic hydroxyl groups is 1. The van der Waals surface area contributed by atoms with E-state index >= 15 is 0 Å². The number of nitrogens with one attached hydrogen (secondary N) is 1. The van der Waals surface area contributed by atoms with E-state index in [-0.39, 0.29) is 97.0 Å². The Bertz CT molecular complexity index is 2020. The summed E-state index contributed by atoms with van der Waals surface area (Å²) in [6.07, 6.45) is 0. The van der Waals surface area contributed by atoms with E-state index in [4.69, 9.17) is 38.3 Å². The summed E-state index contributed by atoms with van der Waals surface area (Å²) in [5.74, 6) is -3.68. The van der Waals surface area contributed by atoms with Crippen LogP contribution >= 0.6 is 58.1 Å². The Morgan fingerprint density at radius 1 is 1.35 bits per heavy atom. The van der Waals surface area contributed by atoms with Gasteiger partial charge in [-0.15, -0.1) is 28.2 Å². The number of amides is 2. The second kappa shape index (κ2) is 15.1. The summed E-state index contributed by atoms with van der Waals surface area (Å²) in [4.78, 5) is 49.5. The van der Waals surface area contributed by atoms with Gasteiger partial charge in [0, 0.05) is 40.6 Å². The van der Waals surface area contributed by atoms with Crippen LogP contribution in [-0.2, 0) is 32.9 Å². The van der Waals surface area contributed by atoms with Crippen molar-refractivity contribution >= 4 is 86.7 Å². The van der Waals surface area contributed by atoms with E-state index in [2.05, 4.69) is 36.1 Å². The van der Waals surface area contributed by atoms with Crippen LogP contribution in [0, 0.1) is 0 Å². The zero-order valence-corrected chi connectivity index (χ0v) is 30.9. The molecule has 3 aromatic heterocycles. The van der Waals surface area contributed by atoms with Crippen molar-refractivity contribution in [1.82, 2.24) is 40.6 Å². The van der Waals surface area contributed by atoms with Crippen molar-refractivity contribution in [3.63, 3.8) is 0 Å². The Morgan fingerprint density at radius 2 is 2.12 bits per heavy atom. The Kier molecular flexibility index (Phi) is 11.3. The van der Waals surface area contributed by atoms with E-state index in [1.165, 1.54) is 45.7 Å². The Hall–Kier alpha value is -3.57. The number of oxime groups is 1. The summed E-state index contributed by atoms with van der Waals surface area (Å²) >= 11 is 15.5. The summed E-state index contributed by atoms with van der Waals surface area (Å²) < 4.78 is 6.67. The number of phenols is 1. The van der Waals surface area contributed by atoms with Gasteiger partial charge in [-0.25, -0.2) is 14.5 Å². The van der Waals surface area contributed by atoms with Crippen LogP contribution in [-0.4, -0.2) is 91.9 Å². The minimum absolute atomic E-state index is 0. The maximum Gasteiger partial charge on any atom is 1.00 e. The molecule has 4 aromatic rings. The number of carboxylic acids is 1. The number of phenolic OH excluding ortho intramolecular Hbond substituents is 1. The van der Waals surface area contributed by atoms with E-state index in [1.807, 2.05) is 0 Å². The number of halogens is 2. The maximum absolute atomic E-state index is 13.4. The smallest absolute Gasteiger partial charge is 0.869 e. The van der Waals surface area contributed by atoms with Crippen molar-refractivity contribution < 1.29 is 68.6 Å². The second-order valence-corrected chi connectivity index (χ2v) is 13.6. The molecule has 1 aromatic carbocycles. The number of carbonyl (C=O) groups is 3. The number of aromatic nitrogens is 6. The van der Waals surface area contributed by atoms with E-state index in [9.17, 15) is 29.7 Å². The van der Waals surface area contributed by atoms with Crippen LogP contribution in [0.2, 0.25) is 10.0 Å². The minimum atomic E-state index is -1.28. The van der Waals surface area contributed by atoms with Crippen LogP contribution in [0.5, 0.6) is 11.5 Å². The Morgan fingerprint density at radius 3 is 2.80 bits per heavy atom. The number of benzene rings is 1. The molecular formula is C25H19Cl2N10NaO8S3. The first kappa shape index (κ1) is 36.7. The molecule has 49 heavy (non-hydrogen) atoms. The largest absolute Gasteiger partial charge is 1.00 e. The van der Waals surface area contributed by atoms with Crippen LogP contribution in [0.4, 0.5) is 5.13 Å². The fourth-order valence-electron chi connectivity index (χ4n) is 4.55. The van der Waals surface area contributed by atoms with Gasteiger partial charge in [0.25, 0.3) is 11.8 Å². The molecule has 1 saturated heterocycles. The molecule has 5 N–H and O–H groups in total. The number of nitrogen functional groups attached to an aromatic ring is 1. The molecule has 250 valence electrons. The van der Waals surface area contributed by atoms with E-state index in [1.54, 1.807) is 7.05 Å². The zero-order chi connectivity index (χ0) is 34.3. The molecule has 24 heteroatoms. The number of carbonyl (C=O) groups excluding carboxylic acids is 2. The minimum Gasteiger partial charge on any atom is -0.869 e. The predicted octanol–water partition coefficient (Wildman–Crippen LogP) is -1.55. The standard InChI is InChI=1S/C25H20Cl2N10O8S3.Na/c1-36-25(31-34-35-36)48-6-8-5-46-22-16(21(41)37(22)17(8)23(42)43)30-20(40)15(13-7-47-24(28)29-13)33-44-4-9-2-12(32-45-9)10-3-11(26)18(38)19(39)14(10)27;/h2-3,7,16,22,38-39H,4-6H2,1H3,(H2,28,29)(H,30,40)(H,42,43);/q;+1/p-1/b33-15+;/t16-,22-;/m1./s1. The number of rotatable bonds is 11. The van der Waals surface area contributed by atoms with Gasteiger partial charge in [-0.2, -0.15) is 0 Å². The van der Waals surface area contributed by atoms with E-state index < -0.39 is 40.7 Å². The van der Waals surface area contributed by atoms with Crippen molar-refractivity contribution in [2.45, 2.75) is 23.2 Å². The predicted molar refractivity (Wildman–Crippen MR) is 170 cm³/mol. The summed E-state index contributed by atoms with van der Waals surface area (Å²) in [5.41, 5.74) is 6.12. The van der Waals surface area contributed by atoms with Crippen LogP contribution in [0.15, 0.2) is 43.6 Å². The fourth-order valence-corrected chi connectivity index (χ4v) is 7.87. The van der Waals surface area contributed by atoms with Gasteiger partial charge in [-0.1, -0.05) is 45.3 Å². The van der Waals surface area contributed by atoms with Crippen molar-refractivity contribution in [1.29, 1.82) is 0 Å². The third kappa shape index (κ3) is 7.33. The molecule has 6 rings (SSSR count). The van der Waals surface area contributed by atoms with Gasteiger partial charge in [-0.05, 0) is 27.8 Å². The number of aryl methyl sites for hydroxylation is 1. The van der Waals surface area contributed by atoms with Crippen LogP contribution in [0.25, 0.3) is 11.3 Å². The average Bonchev–Trinajstić information content (AvgIpc) is 3.82. The summed E-state index contributed by atoms with van der Waals surface area (Å²) in [5, 5.41) is 54.1. The summed E-state index contributed by atoms with van der Waals surface area (Å²) in [6.45, 7) is -0.340. The van der Waals surface area contributed by atoms with E-state index in [0.29, 0.717) is 10.7 Å². The number of thioether (sulfide) groups is 2. The van der Waals surface area contributed by atoms with Crippen molar-refractivity contribution in [3.05, 3.63) is 50.3 Å². The average molecular weight is 778 g/mol. The van der Waals surface area contributed by atoms with Gasteiger partial charge in [0.15, 0.2) is 23.2 Å². The monoisotopic (exact) mass is 776 g/mol. The van der Waals surface area contributed by atoms with Gasteiger partial charge < -0.3 is 35.7 Å². The van der Waals surface area contributed by atoms with Crippen molar-refractivity contribution in [2.75, 3.05) is 17.2 Å². The number of fused-ring (bicyclic) bond motifs is 1. The third-order valence-corrected chi connectivity index (χ3v) is 10.6. The van der Waals surface area contributed by atoms with Crippen LogP contribution in [0.3, 0.4) is 0 Å². The third-order valence-electron chi connectivity index (χ3n) is 6.82. The molecule has 5 heterocycles. The maximum atomic E-state index is 13.4. The second-order valence-electron chi connectivity index (χ2n) is 9.85. The Labute approximate surface area is 319 Å². The van der Waals surface area contributed by atoms with Crippen LogP contribution in [0.1, 0.15) is 11.5 Å². The van der Waals surface area contributed by atoms with Crippen molar-refractivity contribution in [2.24, 2.45) is 12.2 Å². The molecule has 0 unspecified atom stereocenters. The molecule has 2 atom stereocenters. The van der Waals surface area contributed by atoms with Gasteiger partial charge in [0.2, 0.25) is 5.16 Å². The molecule has 1 fully saturated rings. The molecule has 18 nitrogen and oxygen atoms in total. The molecule has 0 aliphatic carbocycles. The number of nitrogens with zero attached hydrogens (tertiary/aromatic N) is 8. The molecule has 2 aliphatic rings. The topological polar surface area (TPSA) is 260 Å². The number of nitrogens with two attached hydrogens (primary N) is 1. The van der Waals surface area contributed by atoms with Gasteiger partial charge in [0.05, 0.1) is 5.02 Å². The Balaban J connectivity index is 0.00000468. The summed E-state index contributed by atoms with van der Waals surface area (Å²) in [6, 6.07) is 1.55. The molecule has 2 amide bonds. The molecule has 0 spiro atoms. The quantitative estimate of drug-likeness (QED) is 0.0442. The first-order chi connectivity index (χ1) is 22.9. The fraction of sp³-hybridized carbons (Fsp3) is 0.240. The number of tetrazole rings is 1. The number of hydrogen-bond donors (Lipinski definition) is 4. The van der Waals surface area contributed by atoms with E-state index in [0.717, 1.165) is 16.2 Å². The normalized spacial score (nSPS) is 17.3. The van der Waals surface area contributed by atoms with Crippen molar-refractivity contribution in [3.8, 4) is 22.8 Å². The zero-order valence-electron chi connectivity index (χ0n) is 25.0. The van der Waals surface area contributed by atoms with Gasteiger partial charge in [0.1, 0.15) is 34.3 Å². The number of thiazole rings is 1. The first-order valence-electron chi connectivity index (χ1n) is 13.3. The first-order valence-corrected chi connectivity index (χ1v) is 16.9. The molecule has 0 bridgehead atoms. The van der Waals surface area contributed by atoms with Crippen LogP contribution < -0.4 is 45.7 Å². The number of carboxylic acid groups (broad SMARTS) is 1. The number of β-lactam (4-membered cyclic amide) rings is 1. The van der Waals surface area contributed by atoms with Gasteiger partial charge >= 0.3 is 35.5 Å². The summed E-state index contributed by atoms with van der Waals surface area (Å²) in [7, 11) is 1.65. The SMILES string of the molecule is Cn1nnnc1SCC1=C(C(=O)O)N2C(=O)[C@@H](NC(=O)/C(=N/OCc3cc(-c4cc(Cl)c([O-])c(O)c4Cl)no3)c3csc(N)n3)[C@H]2SC1.[Na+]. The molecule has 0 radical (unpaired) electrons. The molecule has 0 saturated carbocycles. The number of anilines is 1. The number of hydrogen-bond acceptors (Lipinski definition) is 17. The molecule has 2 aliphatic heterocycles. The molecular weight excluding hydrogens is 758 g/mol. The number of aliphatic carboxylic acids is 1. The van der Waals surface area contributed by atoms with Gasteiger partial charge in [-0.3, -0.25) is 14.5 Å².